The zero-order valence-electron chi connectivity index (χ0n) is 17.0. The maximum atomic E-state index is 13.9. The molecule has 1 aliphatic rings. The fraction of sp³-hybridized carbons (Fsp3) is 0.333. The molecule has 1 atom stereocenters. The molecule has 3 rings (SSSR count). The van der Waals surface area contributed by atoms with E-state index in [1.54, 1.807) is 30.3 Å². The van der Waals surface area contributed by atoms with E-state index in [9.17, 15) is 9.50 Å². The third-order valence-corrected chi connectivity index (χ3v) is 5.09. The Hall–Kier alpha value is -2.59. The Balaban J connectivity index is 0.000000534. The largest absolute Gasteiger partial charge is 0.489 e. The molecule has 0 spiro atoms. The summed E-state index contributed by atoms with van der Waals surface area (Å²) in [6.45, 7) is 3.56. The summed E-state index contributed by atoms with van der Waals surface area (Å²) in [5.41, 5.74) is 0.631. The SMILES string of the molecule is O=C(O)C(=O)O.OC(COc1cc(Cl)ccc1Cl)CN1CCN(c2ccccc2F)CC1. The van der Waals surface area contributed by atoms with Gasteiger partial charge in [-0.2, -0.15) is 0 Å². The lowest BCUT2D eigenvalue weighted by Crippen LogP contribution is -2.49. The first kappa shape index (κ1) is 25.7. The fourth-order valence-electron chi connectivity index (χ4n) is 3.00. The third kappa shape index (κ3) is 8.16. The summed E-state index contributed by atoms with van der Waals surface area (Å²) in [6.07, 6.45) is -0.648. The molecule has 0 saturated carbocycles. The third-order valence-electron chi connectivity index (χ3n) is 4.54. The maximum Gasteiger partial charge on any atom is 0.414 e. The van der Waals surface area contributed by atoms with Crippen molar-refractivity contribution >= 4 is 40.8 Å². The predicted octanol–water partition coefficient (Wildman–Crippen LogP) is 2.85. The van der Waals surface area contributed by atoms with Gasteiger partial charge in [-0.05, 0) is 24.3 Å². The number of rotatable bonds is 6. The molecule has 1 saturated heterocycles. The number of halogens is 3. The Bertz CT molecular complexity index is 913. The topological polar surface area (TPSA) is 111 Å². The quantitative estimate of drug-likeness (QED) is 0.532. The first-order chi connectivity index (χ1) is 15.2. The highest BCUT2D eigenvalue weighted by Gasteiger charge is 2.21. The first-order valence-electron chi connectivity index (χ1n) is 9.61. The molecule has 1 aliphatic heterocycles. The minimum Gasteiger partial charge on any atom is -0.489 e. The van der Waals surface area contributed by atoms with Gasteiger partial charge in [0.15, 0.2) is 0 Å². The molecule has 11 heteroatoms. The van der Waals surface area contributed by atoms with Crippen LogP contribution in [0.4, 0.5) is 10.1 Å². The molecule has 0 bridgehead atoms. The number of ether oxygens (including phenoxy) is 1. The lowest BCUT2D eigenvalue weighted by molar-refractivity contribution is -0.159. The Kier molecular flexibility index (Phi) is 9.98. The van der Waals surface area contributed by atoms with Gasteiger partial charge >= 0.3 is 11.9 Å². The molecule has 3 N–H and O–H groups in total. The number of nitrogens with zero attached hydrogens (tertiary/aromatic N) is 2. The summed E-state index contributed by atoms with van der Waals surface area (Å²) in [7, 11) is 0. The summed E-state index contributed by atoms with van der Waals surface area (Å²) >= 11 is 12.0. The minimum atomic E-state index is -1.82. The number of hydrogen-bond donors (Lipinski definition) is 3. The number of hydrogen-bond acceptors (Lipinski definition) is 6. The number of β-amino-alcohol motifs (C(OH)–C–C–N with tert-alkyl or cyclic N) is 1. The molecule has 1 fully saturated rings. The Morgan fingerprint density at radius 2 is 1.66 bits per heavy atom. The van der Waals surface area contributed by atoms with Gasteiger partial charge in [0.05, 0.1) is 10.7 Å². The van der Waals surface area contributed by atoms with E-state index >= 15 is 0 Å². The van der Waals surface area contributed by atoms with Crippen molar-refractivity contribution in [3.05, 3.63) is 58.3 Å². The van der Waals surface area contributed by atoms with Crippen molar-refractivity contribution in [2.75, 3.05) is 44.2 Å². The number of aliphatic hydroxyl groups is 1. The van der Waals surface area contributed by atoms with Crippen molar-refractivity contribution in [2.45, 2.75) is 6.10 Å². The highest BCUT2D eigenvalue weighted by atomic mass is 35.5. The Morgan fingerprint density at radius 1 is 1.03 bits per heavy atom. The van der Waals surface area contributed by atoms with Gasteiger partial charge in [-0.15, -0.1) is 0 Å². The maximum absolute atomic E-state index is 13.9. The smallest absolute Gasteiger partial charge is 0.414 e. The van der Waals surface area contributed by atoms with E-state index in [0.29, 0.717) is 41.1 Å². The number of piperazine rings is 1. The van der Waals surface area contributed by atoms with Crippen LogP contribution in [-0.4, -0.2) is 77.6 Å². The van der Waals surface area contributed by atoms with Crippen molar-refractivity contribution in [2.24, 2.45) is 0 Å². The van der Waals surface area contributed by atoms with Crippen LogP contribution in [0.15, 0.2) is 42.5 Å². The molecule has 0 amide bonds. The molecular formula is C21H23Cl2FN2O6. The summed E-state index contributed by atoms with van der Waals surface area (Å²) in [6, 6.07) is 11.8. The molecule has 2 aromatic rings. The van der Waals surface area contributed by atoms with Gasteiger partial charge in [0.1, 0.15) is 24.3 Å². The second kappa shape index (κ2) is 12.4. The molecule has 0 aromatic heterocycles. The van der Waals surface area contributed by atoms with E-state index in [2.05, 4.69) is 4.90 Å². The minimum absolute atomic E-state index is 0.133. The predicted molar refractivity (Wildman–Crippen MR) is 118 cm³/mol. The van der Waals surface area contributed by atoms with E-state index in [1.165, 1.54) is 6.07 Å². The van der Waals surface area contributed by atoms with Crippen molar-refractivity contribution in [1.29, 1.82) is 0 Å². The van der Waals surface area contributed by atoms with E-state index in [0.717, 1.165) is 13.1 Å². The Labute approximate surface area is 194 Å². The van der Waals surface area contributed by atoms with Gasteiger partial charge in [-0.25, -0.2) is 14.0 Å². The highest BCUT2D eigenvalue weighted by molar-refractivity contribution is 6.34. The van der Waals surface area contributed by atoms with Crippen molar-refractivity contribution < 1.29 is 34.0 Å². The van der Waals surface area contributed by atoms with Gasteiger partial charge in [0.25, 0.3) is 0 Å². The van der Waals surface area contributed by atoms with Crippen molar-refractivity contribution in [3.63, 3.8) is 0 Å². The molecule has 1 unspecified atom stereocenters. The molecule has 0 aliphatic carbocycles. The average molecular weight is 489 g/mol. The molecule has 32 heavy (non-hydrogen) atoms. The second-order valence-electron chi connectivity index (χ2n) is 6.89. The Morgan fingerprint density at radius 3 is 2.25 bits per heavy atom. The number of benzene rings is 2. The van der Waals surface area contributed by atoms with Gasteiger partial charge in [-0.3, -0.25) is 4.90 Å². The molecule has 174 valence electrons. The zero-order valence-corrected chi connectivity index (χ0v) is 18.5. The summed E-state index contributed by atoms with van der Waals surface area (Å²) < 4.78 is 19.4. The first-order valence-corrected chi connectivity index (χ1v) is 10.4. The number of anilines is 1. The molecular weight excluding hydrogens is 466 g/mol. The van der Waals surface area contributed by atoms with Crippen LogP contribution in [0.25, 0.3) is 0 Å². The van der Waals surface area contributed by atoms with Gasteiger partial charge in [0, 0.05) is 43.8 Å². The number of carboxylic acid groups (broad SMARTS) is 2. The molecule has 1 heterocycles. The number of para-hydroxylation sites is 1. The lowest BCUT2D eigenvalue weighted by atomic mass is 10.2. The highest BCUT2D eigenvalue weighted by Crippen LogP contribution is 2.27. The van der Waals surface area contributed by atoms with E-state index in [-0.39, 0.29) is 12.4 Å². The van der Waals surface area contributed by atoms with Crippen LogP contribution in [0.2, 0.25) is 10.0 Å². The van der Waals surface area contributed by atoms with Crippen LogP contribution in [0.5, 0.6) is 5.75 Å². The summed E-state index contributed by atoms with van der Waals surface area (Å²) in [5.74, 6) is -3.39. The summed E-state index contributed by atoms with van der Waals surface area (Å²) in [4.78, 5) is 22.4. The van der Waals surface area contributed by atoms with Gasteiger partial charge in [-0.1, -0.05) is 35.3 Å². The number of carboxylic acids is 2. The van der Waals surface area contributed by atoms with Gasteiger partial charge < -0.3 is 25.0 Å². The fourth-order valence-corrected chi connectivity index (χ4v) is 3.34. The molecule has 0 radical (unpaired) electrons. The van der Waals surface area contributed by atoms with Gasteiger partial charge in [0.2, 0.25) is 0 Å². The summed E-state index contributed by atoms with van der Waals surface area (Å²) in [5, 5.41) is 26.0. The molecule has 2 aromatic carbocycles. The number of aliphatic carboxylic acids is 2. The van der Waals surface area contributed by atoms with Crippen LogP contribution in [0, 0.1) is 5.82 Å². The number of carbonyl (C=O) groups is 2. The van der Waals surface area contributed by atoms with E-state index in [1.807, 2.05) is 11.0 Å². The van der Waals surface area contributed by atoms with Crippen LogP contribution >= 0.6 is 23.2 Å². The zero-order chi connectivity index (χ0) is 23.7. The normalized spacial score (nSPS) is 14.8. The van der Waals surface area contributed by atoms with Crippen LogP contribution in [-0.2, 0) is 9.59 Å². The van der Waals surface area contributed by atoms with Crippen molar-refractivity contribution in [3.8, 4) is 5.75 Å². The second-order valence-corrected chi connectivity index (χ2v) is 7.73. The number of aliphatic hydroxyl groups excluding tert-OH is 1. The van der Waals surface area contributed by atoms with Crippen LogP contribution in [0.1, 0.15) is 0 Å². The monoisotopic (exact) mass is 488 g/mol. The average Bonchev–Trinajstić information content (AvgIpc) is 2.76. The lowest BCUT2D eigenvalue weighted by Gasteiger charge is -2.36. The van der Waals surface area contributed by atoms with Crippen LogP contribution < -0.4 is 9.64 Å². The van der Waals surface area contributed by atoms with E-state index in [4.69, 9.17) is 47.7 Å². The van der Waals surface area contributed by atoms with E-state index < -0.39 is 18.0 Å². The molecule has 8 nitrogen and oxygen atoms in total. The standard InChI is InChI=1S/C19H21Cl2FN2O2.C2H2O4/c20-14-5-6-16(21)19(11-14)26-13-15(25)12-23-7-9-24(10-8-23)18-4-2-1-3-17(18)22;3-1(4)2(5)6/h1-6,11,15,25H,7-10,12-13H2;(H,3,4)(H,5,6). The van der Waals surface area contributed by atoms with Crippen molar-refractivity contribution in [1.82, 2.24) is 4.90 Å². The van der Waals surface area contributed by atoms with Crippen LogP contribution in [0.3, 0.4) is 0 Å².